The van der Waals surface area contributed by atoms with Crippen molar-refractivity contribution in [2.75, 3.05) is 0 Å². The lowest BCUT2D eigenvalue weighted by atomic mass is 9.82. The van der Waals surface area contributed by atoms with Gasteiger partial charge in [0.1, 0.15) is 0 Å². The van der Waals surface area contributed by atoms with Crippen molar-refractivity contribution in [1.82, 2.24) is 0 Å². The summed E-state index contributed by atoms with van der Waals surface area (Å²) < 4.78 is 0. The zero-order valence-corrected chi connectivity index (χ0v) is 4.02. The fourth-order valence-corrected chi connectivity index (χ4v) is 0.565. The van der Waals surface area contributed by atoms with Crippen LogP contribution in [0.2, 0.25) is 0 Å². The van der Waals surface area contributed by atoms with Crippen molar-refractivity contribution in [2.24, 2.45) is 11.7 Å². The smallest absolute Gasteiger partial charge is 0.00964 e. The molecule has 1 radical (unpaired) electrons. The Morgan fingerprint density at radius 1 is 1.83 bits per heavy atom. The van der Waals surface area contributed by atoms with E-state index in [-0.39, 0.29) is 0 Å². The molecule has 1 unspecified atom stereocenters. The molecule has 0 aromatic carbocycles. The fraction of sp³-hybridized carbons (Fsp3) is 0.800. The lowest BCUT2D eigenvalue weighted by Gasteiger charge is -2.29. The van der Waals surface area contributed by atoms with Crippen LogP contribution in [0, 0.1) is 12.3 Å². The highest BCUT2D eigenvalue weighted by Crippen LogP contribution is 2.22. The van der Waals surface area contributed by atoms with E-state index >= 15 is 0 Å². The Hall–Kier alpha value is -0.0400. The van der Waals surface area contributed by atoms with E-state index in [1.807, 2.05) is 0 Å². The molecule has 2 atom stereocenters. The first-order chi connectivity index (χ1) is 2.80. The van der Waals surface area contributed by atoms with Crippen molar-refractivity contribution in [3.05, 3.63) is 6.42 Å². The minimum absolute atomic E-state index is 0.407. The van der Waals surface area contributed by atoms with E-state index in [9.17, 15) is 0 Å². The molecule has 0 heterocycles. The fourth-order valence-electron chi connectivity index (χ4n) is 0.565. The van der Waals surface area contributed by atoms with Crippen molar-refractivity contribution >= 4 is 0 Å². The van der Waals surface area contributed by atoms with E-state index in [0.717, 1.165) is 5.92 Å². The SMILES string of the molecule is CC1C[CH][C@H]1N. The van der Waals surface area contributed by atoms with Crippen molar-refractivity contribution in [3.8, 4) is 0 Å². The Kier molecular flexibility index (Phi) is 0.845. The second-order valence-electron chi connectivity index (χ2n) is 2.03. The predicted molar refractivity (Wildman–Crippen MR) is 26.1 cm³/mol. The largest absolute Gasteiger partial charge is 0.327 e. The van der Waals surface area contributed by atoms with E-state index < -0.39 is 0 Å². The van der Waals surface area contributed by atoms with E-state index in [0.29, 0.717) is 6.04 Å². The van der Waals surface area contributed by atoms with E-state index in [4.69, 9.17) is 5.73 Å². The van der Waals surface area contributed by atoms with Crippen LogP contribution in [0.5, 0.6) is 0 Å². The molecule has 0 aromatic rings. The van der Waals surface area contributed by atoms with Gasteiger partial charge in [0, 0.05) is 6.04 Å². The van der Waals surface area contributed by atoms with Gasteiger partial charge in [-0.15, -0.1) is 0 Å². The zero-order chi connectivity index (χ0) is 4.57. The van der Waals surface area contributed by atoms with Crippen molar-refractivity contribution < 1.29 is 0 Å². The first-order valence-corrected chi connectivity index (χ1v) is 2.39. The molecule has 1 aliphatic rings. The lowest BCUT2D eigenvalue weighted by Crippen LogP contribution is -2.37. The Balaban J connectivity index is 2.20. The molecule has 0 spiro atoms. The molecule has 35 valence electrons. The van der Waals surface area contributed by atoms with Crippen LogP contribution < -0.4 is 5.73 Å². The van der Waals surface area contributed by atoms with Gasteiger partial charge in [0.2, 0.25) is 0 Å². The van der Waals surface area contributed by atoms with Gasteiger partial charge in [0.15, 0.2) is 0 Å². The minimum atomic E-state index is 0.407. The van der Waals surface area contributed by atoms with Crippen LogP contribution >= 0.6 is 0 Å². The Labute approximate surface area is 38.5 Å². The maximum absolute atomic E-state index is 5.47. The topological polar surface area (TPSA) is 26.0 Å². The number of hydrogen-bond acceptors (Lipinski definition) is 1. The molecule has 2 N–H and O–H groups in total. The molecule has 1 nitrogen and oxygen atoms in total. The van der Waals surface area contributed by atoms with Gasteiger partial charge in [-0.25, -0.2) is 0 Å². The molecular formula is C5H10N. The maximum Gasteiger partial charge on any atom is 0.00964 e. The van der Waals surface area contributed by atoms with E-state index in [2.05, 4.69) is 13.3 Å². The summed E-state index contributed by atoms with van der Waals surface area (Å²) in [6.45, 7) is 2.17. The second kappa shape index (κ2) is 1.23. The van der Waals surface area contributed by atoms with Crippen LogP contribution in [-0.4, -0.2) is 6.04 Å². The monoisotopic (exact) mass is 84.1 g/mol. The van der Waals surface area contributed by atoms with Crippen molar-refractivity contribution in [1.29, 1.82) is 0 Å². The molecule has 1 heteroatoms. The standard InChI is InChI=1S/C5H10N/c1-4-2-3-5(4)6/h3-5H,2,6H2,1H3/t4?,5-/m1/s1. The Morgan fingerprint density at radius 3 is 2.33 bits per heavy atom. The van der Waals surface area contributed by atoms with Crippen LogP contribution in [-0.2, 0) is 0 Å². The van der Waals surface area contributed by atoms with Crippen molar-refractivity contribution in [2.45, 2.75) is 19.4 Å². The summed E-state index contributed by atoms with van der Waals surface area (Å²) in [6.07, 6.45) is 3.37. The van der Waals surface area contributed by atoms with Gasteiger partial charge in [-0.3, -0.25) is 0 Å². The maximum atomic E-state index is 5.47. The van der Waals surface area contributed by atoms with Crippen LogP contribution in [0.3, 0.4) is 0 Å². The summed E-state index contributed by atoms with van der Waals surface area (Å²) in [5, 5.41) is 0. The van der Waals surface area contributed by atoms with Crippen LogP contribution in [0.4, 0.5) is 0 Å². The van der Waals surface area contributed by atoms with Crippen molar-refractivity contribution in [3.63, 3.8) is 0 Å². The van der Waals surface area contributed by atoms with Gasteiger partial charge in [-0.1, -0.05) is 6.92 Å². The number of nitrogens with two attached hydrogens (primary N) is 1. The highest BCUT2D eigenvalue weighted by Gasteiger charge is 2.21. The molecule has 1 fully saturated rings. The van der Waals surface area contributed by atoms with Gasteiger partial charge >= 0.3 is 0 Å². The minimum Gasteiger partial charge on any atom is -0.327 e. The second-order valence-corrected chi connectivity index (χ2v) is 2.03. The summed E-state index contributed by atoms with van der Waals surface area (Å²) in [6, 6.07) is 0.407. The average Bonchev–Trinajstić information content (AvgIpc) is 1.61. The summed E-state index contributed by atoms with van der Waals surface area (Å²) in [5.74, 6) is 0.755. The molecule has 0 aliphatic heterocycles. The lowest BCUT2D eigenvalue weighted by molar-refractivity contribution is 0.380. The van der Waals surface area contributed by atoms with E-state index in [1.165, 1.54) is 6.42 Å². The predicted octanol–water partition coefficient (Wildman–Crippen LogP) is 0.558. The highest BCUT2D eigenvalue weighted by atomic mass is 14.7. The molecule has 1 aliphatic carbocycles. The summed E-state index contributed by atoms with van der Waals surface area (Å²) in [5.41, 5.74) is 5.47. The number of hydrogen-bond donors (Lipinski definition) is 1. The Bertz CT molecular complexity index is 43.9. The van der Waals surface area contributed by atoms with Gasteiger partial charge in [-0.05, 0) is 18.8 Å². The third-order valence-electron chi connectivity index (χ3n) is 1.44. The summed E-state index contributed by atoms with van der Waals surface area (Å²) >= 11 is 0. The van der Waals surface area contributed by atoms with Gasteiger partial charge in [0.25, 0.3) is 0 Å². The van der Waals surface area contributed by atoms with Crippen LogP contribution in [0.25, 0.3) is 0 Å². The molecule has 0 amide bonds. The number of rotatable bonds is 0. The molecule has 0 aromatic heterocycles. The third-order valence-corrected chi connectivity index (χ3v) is 1.44. The van der Waals surface area contributed by atoms with Crippen LogP contribution in [0.15, 0.2) is 0 Å². The van der Waals surface area contributed by atoms with Gasteiger partial charge in [0.05, 0.1) is 0 Å². The third kappa shape index (κ3) is 0.432. The summed E-state index contributed by atoms with van der Waals surface area (Å²) in [7, 11) is 0. The van der Waals surface area contributed by atoms with Crippen LogP contribution in [0.1, 0.15) is 13.3 Å². The first-order valence-electron chi connectivity index (χ1n) is 2.39. The molecule has 1 rings (SSSR count). The molecule has 0 bridgehead atoms. The highest BCUT2D eigenvalue weighted by molar-refractivity contribution is 4.96. The Morgan fingerprint density at radius 2 is 2.33 bits per heavy atom. The molecule has 0 saturated heterocycles. The first kappa shape index (κ1) is 4.13. The normalized spacial score (nSPS) is 45.0. The molecule has 1 saturated carbocycles. The summed E-state index contributed by atoms with van der Waals surface area (Å²) in [4.78, 5) is 0. The molecule has 6 heavy (non-hydrogen) atoms. The zero-order valence-electron chi connectivity index (χ0n) is 4.02. The van der Waals surface area contributed by atoms with E-state index in [1.54, 1.807) is 0 Å². The molecular weight excluding hydrogens is 74.1 g/mol. The quantitative estimate of drug-likeness (QED) is 0.456. The average molecular weight is 84.1 g/mol. The van der Waals surface area contributed by atoms with Gasteiger partial charge in [-0.2, -0.15) is 0 Å². The van der Waals surface area contributed by atoms with Gasteiger partial charge < -0.3 is 5.73 Å².